The lowest BCUT2D eigenvalue weighted by Crippen LogP contribution is -1.84. The molecule has 0 aliphatic heterocycles. The summed E-state index contributed by atoms with van der Waals surface area (Å²) in [4.78, 5) is 0. The molecule has 0 aliphatic carbocycles. The summed E-state index contributed by atoms with van der Waals surface area (Å²) in [7, 11) is 0. The summed E-state index contributed by atoms with van der Waals surface area (Å²) in [6.45, 7) is 1.71. The Morgan fingerprint density at radius 1 is 1.07 bits per heavy atom. The van der Waals surface area contributed by atoms with Crippen LogP contribution in [0.4, 0.5) is 4.39 Å². The molecule has 0 saturated heterocycles. The zero-order valence-electron chi connectivity index (χ0n) is 8.37. The van der Waals surface area contributed by atoms with Gasteiger partial charge in [-0.15, -0.1) is 0 Å². The second-order valence-corrected chi connectivity index (χ2v) is 3.48. The van der Waals surface area contributed by atoms with Gasteiger partial charge in [0.25, 0.3) is 0 Å². The third-order valence-electron chi connectivity index (χ3n) is 2.37. The van der Waals surface area contributed by atoms with Crippen LogP contribution >= 0.6 is 0 Å². The smallest absolute Gasteiger partial charge is 0.126 e. The summed E-state index contributed by atoms with van der Waals surface area (Å²) in [6.07, 6.45) is 0. The minimum atomic E-state index is -0.228. The Balaban J connectivity index is 2.55. The fourth-order valence-electron chi connectivity index (χ4n) is 1.53. The number of benzene rings is 2. The van der Waals surface area contributed by atoms with Gasteiger partial charge in [0.2, 0.25) is 0 Å². The van der Waals surface area contributed by atoms with Gasteiger partial charge in [0.05, 0.1) is 0 Å². The molecule has 0 bridgehead atoms. The average molecular weight is 202 g/mol. The predicted octanol–water partition coefficient (Wildman–Crippen LogP) is 3.51. The highest BCUT2D eigenvalue weighted by Gasteiger charge is 2.04. The maximum atomic E-state index is 13.1. The van der Waals surface area contributed by atoms with Gasteiger partial charge >= 0.3 is 0 Å². The molecule has 0 saturated carbocycles. The van der Waals surface area contributed by atoms with Gasteiger partial charge < -0.3 is 5.11 Å². The van der Waals surface area contributed by atoms with Gasteiger partial charge in [0.15, 0.2) is 0 Å². The molecule has 0 heterocycles. The topological polar surface area (TPSA) is 20.2 Å². The van der Waals surface area contributed by atoms with Gasteiger partial charge in [-0.3, -0.25) is 0 Å². The number of aryl methyl sites for hydroxylation is 1. The van der Waals surface area contributed by atoms with Gasteiger partial charge in [-0.25, -0.2) is 4.39 Å². The molecule has 0 radical (unpaired) electrons. The van der Waals surface area contributed by atoms with E-state index < -0.39 is 0 Å². The van der Waals surface area contributed by atoms with Crippen molar-refractivity contribution in [3.8, 4) is 16.9 Å². The van der Waals surface area contributed by atoms with E-state index in [-0.39, 0.29) is 11.6 Å². The van der Waals surface area contributed by atoms with Crippen LogP contribution in [-0.2, 0) is 0 Å². The first-order chi connectivity index (χ1) is 7.18. The maximum absolute atomic E-state index is 13.1. The van der Waals surface area contributed by atoms with Crippen LogP contribution in [0, 0.1) is 12.7 Å². The zero-order chi connectivity index (χ0) is 10.8. The molecule has 2 aromatic rings. The summed E-state index contributed by atoms with van der Waals surface area (Å²) >= 11 is 0. The van der Waals surface area contributed by atoms with E-state index in [2.05, 4.69) is 0 Å². The third-order valence-corrected chi connectivity index (χ3v) is 2.37. The van der Waals surface area contributed by atoms with Gasteiger partial charge in [0, 0.05) is 5.56 Å². The second-order valence-electron chi connectivity index (χ2n) is 3.48. The Labute approximate surface area is 87.8 Å². The van der Waals surface area contributed by atoms with Crippen molar-refractivity contribution in [3.63, 3.8) is 0 Å². The Morgan fingerprint density at radius 2 is 1.80 bits per heavy atom. The summed E-state index contributed by atoms with van der Waals surface area (Å²) < 4.78 is 13.1. The van der Waals surface area contributed by atoms with E-state index in [1.807, 2.05) is 12.1 Å². The number of halogens is 1. The minimum absolute atomic E-state index is 0.212. The highest BCUT2D eigenvalue weighted by molar-refractivity contribution is 5.70. The fourth-order valence-corrected chi connectivity index (χ4v) is 1.53. The first-order valence-electron chi connectivity index (χ1n) is 4.73. The predicted molar refractivity (Wildman–Crippen MR) is 58.2 cm³/mol. The Bertz CT molecular complexity index is 492. The van der Waals surface area contributed by atoms with E-state index in [9.17, 15) is 9.50 Å². The molecule has 0 unspecified atom stereocenters. The van der Waals surface area contributed by atoms with Gasteiger partial charge in [-0.2, -0.15) is 0 Å². The molecule has 2 rings (SSSR count). The molecule has 0 atom stereocenters. The van der Waals surface area contributed by atoms with Crippen LogP contribution in [0.5, 0.6) is 5.75 Å². The number of para-hydroxylation sites is 1. The van der Waals surface area contributed by atoms with Gasteiger partial charge in [-0.05, 0) is 36.2 Å². The normalized spacial score (nSPS) is 10.3. The first-order valence-corrected chi connectivity index (χ1v) is 4.73. The number of phenols is 1. The van der Waals surface area contributed by atoms with E-state index in [0.29, 0.717) is 5.56 Å². The van der Waals surface area contributed by atoms with Crippen LogP contribution in [0.3, 0.4) is 0 Å². The Morgan fingerprint density at radius 3 is 2.47 bits per heavy atom. The molecule has 0 spiro atoms. The molecular weight excluding hydrogens is 191 g/mol. The quantitative estimate of drug-likeness (QED) is 0.750. The van der Waals surface area contributed by atoms with Crippen molar-refractivity contribution < 1.29 is 9.50 Å². The zero-order valence-corrected chi connectivity index (χ0v) is 8.37. The monoisotopic (exact) mass is 202 g/mol. The third kappa shape index (κ3) is 1.84. The SMILES string of the molecule is Cc1cc(-c2ccccc2O)ccc1F. The summed E-state index contributed by atoms with van der Waals surface area (Å²) in [6, 6.07) is 11.8. The van der Waals surface area contributed by atoms with Crippen molar-refractivity contribution in [2.24, 2.45) is 0 Å². The number of hydrogen-bond acceptors (Lipinski definition) is 1. The molecule has 0 aliphatic rings. The van der Waals surface area contributed by atoms with Crippen LogP contribution in [0.15, 0.2) is 42.5 Å². The molecule has 1 N–H and O–H groups in total. The van der Waals surface area contributed by atoms with Gasteiger partial charge in [0.1, 0.15) is 11.6 Å². The highest BCUT2D eigenvalue weighted by atomic mass is 19.1. The molecule has 1 nitrogen and oxygen atoms in total. The summed E-state index contributed by atoms with van der Waals surface area (Å²) in [5, 5.41) is 9.63. The second kappa shape index (κ2) is 3.73. The molecule has 0 amide bonds. The van der Waals surface area contributed by atoms with E-state index in [1.165, 1.54) is 6.07 Å². The molecule has 15 heavy (non-hydrogen) atoms. The molecule has 2 heteroatoms. The molecule has 2 aromatic carbocycles. The Kier molecular flexibility index (Phi) is 2.42. The van der Waals surface area contributed by atoms with E-state index >= 15 is 0 Å². The van der Waals surface area contributed by atoms with Crippen LogP contribution in [-0.4, -0.2) is 5.11 Å². The molecule has 76 valence electrons. The van der Waals surface area contributed by atoms with Crippen LogP contribution in [0.2, 0.25) is 0 Å². The number of aromatic hydroxyl groups is 1. The number of rotatable bonds is 1. The van der Waals surface area contributed by atoms with Crippen molar-refractivity contribution in [2.45, 2.75) is 6.92 Å². The summed E-state index contributed by atoms with van der Waals surface area (Å²) in [5.74, 6) is -0.0160. The highest BCUT2D eigenvalue weighted by Crippen LogP contribution is 2.29. The first kappa shape index (κ1) is 9.71. The van der Waals surface area contributed by atoms with Gasteiger partial charge in [-0.1, -0.05) is 24.3 Å². The van der Waals surface area contributed by atoms with Crippen LogP contribution in [0.25, 0.3) is 11.1 Å². The van der Waals surface area contributed by atoms with Crippen molar-refractivity contribution in [2.75, 3.05) is 0 Å². The van der Waals surface area contributed by atoms with Crippen molar-refractivity contribution in [1.82, 2.24) is 0 Å². The Hall–Kier alpha value is -1.83. The van der Waals surface area contributed by atoms with E-state index in [4.69, 9.17) is 0 Å². The molecule has 0 aromatic heterocycles. The average Bonchev–Trinajstić information content (AvgIpc) is 2.23. The van der Waals surface area contributed by atoms with E-state index in [0.717, 1.165) is 11.1 Å². The largest absolute Gasteiger partial charge is 0.507 e. The standard InChI is InChI=1S/C13H11FO/c1-9-8-10(6-7-12(9)14)11-4-2-3-5-13(11)15/h2-8,15H,1H3. The van der Waals surface area contributed by atoms with Crippen molar-refractivity contribution in [3.05, 3.63) is 53.8 Å². The number of hydrogen-bond donors (Lipinski definition) is 1. The minimum Gasteiger partial charge on any atom is -0.507 e. The maximum Gasteiger partial charge on any atom is 0.126 e. The lowest BCUT2D eigenvalue weighted by atomic mass is 10.0. The van der Waals surface area contributed by atoms with E-state index in [1.54, 1.807) is 31.2 Å². The van der Waals surface area contributed by atoms with Crippen molar-refractivity contribution >= 4 is 0 Å². The summed E-state index contributed by atoms with van der Waals surface area (Å²) in [5.41, 5.74) is 2.13. The molecular formula is C13H11FO. The fraction of sp³-hybridized carbons (Fsp3) is 0.0769. The van der Waals surface area contributed by atoms with Crippen molar-refractivity contribution in [1.29, 1.82) is 0 Å². The van der Waals surface area contributed by atoms with Crippen LogP contribution in [0.1, 0.15) is 5.56 Å². The van der Waals surface area contributed by atoms with Crippen LogP contribution < -0.4 is 0 Å². The molecule has 0 fully saturated rings. The number of phenolic OH excluding ortho intramolecular Hbond substituents is 1. The lowest BCUT2D eigenvalue weighted by molar-refractivity contribution is 0.477. The lowest BCUT2D eigenvalue weighted by Gasteiger charge is -2.05.